The molecule has 0 saturated carbocycles. The fourth-order valence-corrected chi connectivity index (χ4v) is 2.32. The number of rotatable bonds is 6. The predicted molar refractivity (Wildman–Crippen MR) is 84.2 cm³/mol. The summed E-state index contributed by atoms with van der Waals surface area (Å²) in [6.07, 6.45) is 1.62. The Morgan fingerprint density at radius 3 is 2.68 bits per heavy atom. The second kappa shape index (κ2) is 8.10. The lowest BCUT2D eigenvalue weighted by Crippen LogP contribution is -2.47. The molecule has 1 aliphatic rings. The van der Waals surface area contributed by atoms with E-state index in [1.54, 1.807) is 18.3 Å². The molecule has 2 heterocycles. The molecular formula is C16H25N3O3. The van der Waals surface area contributed by atoms with Gasteiger partial charge in [0.15, 0.2) is 0 Å². The van der Waals surface area contributed by atoms with Crippen molar-refractivity contribution in [2.75, 3.05) is 32.8 Å². The Balaban J connectivity index is 1.81. The van der Waals surface area contributed by atoms with Crippen LogP contribution in [0.3, 0.4) is 0 Å². The van der Waals surface area contributed by atoms with Gasteiger partial charge >= 0.3 is 0 Å². The third-order valence-corrected chi connectivity index (χ3v) is 3.58. The molecule has 1 saturated heterocycles. The minimum atomic E-state index is -0.108. The van der Waals surface area contributed by atoms with E-state index in [4.69, 9.17) is 9.47 Å². The van der Waals surface area contributed by atoms with Crippen molar-refractivity contribution >= 4 is 5.91 Å². The van der Waals surface area contributed by atoms with Gasteiger partial charge in [-0.2, -0.15) is 0 Å². The zero-order valence-corrected chi connectivity index (χ0v) is 13.5. The molecule has 1 aliphatic heterocycles. The van der Waals surface area contributed by atoms with E-state index in [1.165, 1.54) is 0 Å². The first kappa shape index (κ1) is 16.7. The van der Waals surface area contributed by atoms with E-state index in [2.05, 4.69) is 22.1 Å². The van der Waals surface area contributed by atoms with Crippen LogP contribution in [0.5, 0.6) is 5.88 Å². The maximum Gasteiger partial charge on any atom is 0.252 e. The van der Waals surface area contributed by atoms with Gasteiger partial charge in [0.05, 0.1) is 24.9 Å². The highest BCUT2D eigenvalue weighted by molar-refractivity contribution is 5.93. The second-order valence-electron chi connectivity index (χ2n) is 5.76. The summed E-state index contributed by atoms with van der Waals surface area (Å²) in [5.74, 6) is 0.428. The van der Waals surface area contributed by atoms with E-state index in [0.29, 0.717) is 24.0 Å². The summed E-state index contributed by atoms with van der Waals surface area (Å²) < 4.78 is 10.8. The van der Waals surface area contributed by atoms with Crippen LogP contribution in [0.1, 0.15) is 31.1 Å². The fourth-order valence-electron chi connectivity index (χ4n) is 2.32. The first-order chi connectivity index (χ1) is 10.6. The van der Waals surface area contributed by atoms with Gasteiger partial charge in [-0.25, -0.2) is 4.98 Å². The van der Waals surface area contributed by atoms with Gasteiger partial charge in [-0.1, -0.05) is 0 Å². The van der Waals surface area contributed by atoms with Gasteiger partial charge < -0.3 is 14.8 Å². The summed E-state index contributed by atoms with van der Waals surface area (Å²) in [6.45, 7) is 9.97. The lowest BCUT2D eigenvalue weighted by atomic mass is 10.2. The van der Waals surface area contributed by atoms with Crippen molar-refractivity contribution in [2.45, 2.75) is 32.9 Å². The summed E-state index contributed by atoms with van der Waals surface area (Å²) in [7, 11) is 0. The molecule has 0 aliphatic carbocycles. The first-order valence-electron chi connectivity index (χ1n) is 7.79. The normalized spacial score (nSPS) is 17.3. The minimum Gasteiger partial charge on any atom is -0.475 e. The molecule has 0 unspecified atom stereocenters. The molecule has 1 amide bonds. The highest BCUT2D eigenvalue weighted by Crippen LogP contribution is 2.09. The number of carbonyl (C=O) groups is 1. The molecule has 2 rings (SSSR count). The number of nitrogens with one attached hydrogen (secondary N) is 1. The van der Waals surface area contributed by atoms with Crippen molar-refractivity contribution < 1.29 is 14.3 Å². The Bertz CT molecular complexity index is 470. The standard InChI is InChI=1S/C16H25N3O3/c1-12(2)22-15-5-4-14(11-17-15)16(20)18-10-13(3)19-6-8-21-9-7-19/h4-5,11-13H,6-10H2,1-3H3,(H,18,20)/t13-/m1/s1. The summed E-state index contributed by atoms with van der Waals surface area (Å²) >= 11 is 0. The van der Waals surface area contributed by atoms with Gasteiger partial charge in [0, 0.05) is 37.9 Å². The smallest absolute Gasteiger partial charge is 0.252 e. The SMILES string of the molecule is CC(C)Oc1ccc(C(=O)NC[C@@H](C)N2CCOCC2)cn1. The van der Waals surface area contributed by atoms with Crippen molar-refractivity contribution in [2.24, 2.45) is 0 Å². The first-order valence-corrected chi connectivity index (χ1v) is 7.79. The summed E-state index contributed by atoms with van der Waals surface area (Å²) in [4.78, 5) is 18.6. The Labute approximate surface area is 131 Å². The molecule has 6 nitrogen and oxygen atoms in total. The maximum atomic E-state index is 12.1. The van der Waals surface area contributed by atoms with E-state index in [0.717, 1.165) is 26.3 Å². The molecule has 0 radical (unpaired) electrons. The number of hydrogen-bond acceptors (Lipinski definition) is 5. The van der Waals surface area contributed by atoms with Crippen LogP contribution in [0.25, 0.3) is 0 Å². The number of morpholine rings is 1. The molecule has 22 heavy (non-hydrogen) atoms. The van der Waals surface area contributed by atoms with Gasteiger partial charge in [-0.15, -0.1) is 0 Å². The van der Waals surface area contributed by atoms with Crippen LogP contribution in [0.15, 0.2) is 18.3 Å². The van der Waals surface area contributed by atoms with Crippen molar-refractivity contribution in [3.63, 3.8) is 0 Å². The van der Waals surface area contributed by atoms with Crippen LogP contribution in [-0.2, 0) is 4.74 Å². The summed E-state index contributed by atoms with van der Waals surface area (Å²) in [5, 5.41) is 2.95. The van der Waals surface area contributed by atoms with Crippen LogP contribution in [0.2, 0.25) is 0 Å². The average Bonchev–Trinajstić information content (AvgIpc) is 2.53. The molecule has 1 N–H and O–H groups in total. The van der Waals surface area contributed by atoms with Gasteiger partial charge in [-0.3, -0.25) is 9.69 Å². The monoisotopic (exact) mass is 307 g/mol. The Morgan fingerprint density at radius 2 is 2.09 bits per heavy atom. The Kier molecular flexibility index (Phi) is 6.15. The molecule has 0 aromatic carbocycles. The van der Waals surface area contributed by atoms with Crippen LogP contribution in [0.4, 0.5) is 0 Å². The zero-order valence-electron chi connectivity index (χ0n) is 13.5. The molecule has 1 atom stereocenters. The summed E-state index contributed by atoms with van der Waals surface area (Å²) in [6, 6.07) is 3.75. The van der Waals surface area contributed by atoms with Crippen molar-refractivity contribution in [3.8, 4) is 5.88 Å². The lowest BCUT2D eigenvalue weighted by molar-refractivity contribution is 0.0204. The summed E-state index contributed by atoms with van der Waals surface area (Å²) in [5.41, 5.74) is 0.547. The largest absolute Gasteiger partial charge is 0.475 e. The Morgan fingerprint density at radius 1 is 1.36 bits per heavy atom. The zero-order chi connectivity index (χ0) is 15.9. The Hall–Kier alpha value is -1.66. The van der Waals surface area contributed by atoms with Gasteiger partial charge in [0.1, 0.15) is 0 Å². The topological polar surface area (TPSA) is 63.7 Å². The average molecular weight is 307 g/mol. The van der Waals surface area contributed by atoms with E-state index in [1.807, 2.05) is 13.8 Å². The third-order valence-electron chi connectivity index (χ3n) is 3.58. The molecule has 0 bridgehead atoms. The van der Waals surface area contributed by atoms with E-state index in [-0.39, 0.29) is 12.0 Å². The number of carbonyl (C=O) groups excluding carboxylic acids is 1. The fraction of sp³-hybridized carbons (Fsp3) is 0.625. The van der Waals surface area contributed by atoms with E-state index < -0.39 is 0 Å². The van der Waals surface area contributed by atoms with Crippen LogP contribution < -0.4 is 10.1 Å². The molecule has 1 aromatic rings. The lowest BCUT2D eigenvalue weighted by Gasteiger charge is -2.32. The quantitative estimate of drug-likeness (QED) is 0.859. The number of ether oxygens (including phenoxy) is 2. The van der Waals surface area contributed by atoms with E-state index in [9.17, 15) is 4.79 Å². The molecule has 1 aromatic heterocycles. The van der Waals surface area contributed by atoms with Gasteiger partial charge in [0.25, 0.3) is 5.91 Å². The maximum absolute atomic E-state index is 12.1. The predicted octanol–water partition coefficient (Wildman–Crippen LogP) is 1.32. The van der Waals surface area contributed by atoms with Crippen molar-refractivity contribution in [1.82, 2.24) is 15.2 Å². The molecule has 0 spiro atoms. The number of amides is 1. The second-order valence-corrected chi connectivity index (χ2v) is 5.76. The number of nitrogens with zero attached hydrogens (tertiary/aromatic N) is 2. The third kappa shape index (κ3) is 4.96. The van der Waals surface area contributed by atoms with Gasteiger partial charge in [-0.05, 0) is 26.8 Å². The van der Waals surface area contributed by atoms with E-state index >= 15 is 0 Å². The molecule has 1 fully saturated rings. The minimum absolute atomic E-state index is 0.0709. The molecular weight excluding hydrogens is 282 g/mol. The van der Waals surface area contributed by atoms with Gasteiger partial charge in [0.2, 0.25) is 5.88 Å². The molecule has 122 valence electrons. The number of pyridine rings is 1. The highest BCUT2D eigenvalue weighted by Gasteiger charge is 2.17. The molecule has 6 heteroatoms. The highest BCUT2D eigenvalue weighted by atomic mass is 16.5. The van der Waals surface area contributed by atoms with Crippen molar-refractivity contribution in [3.05, 3.63) is 23.9 Å². The number of hydrogen-bond donors (Lipinski definition) is 1. The number of aromatic nitrogens is 1. The van der Waals surface area contributed by atoms with Crippen LogP contribution in [0, 0.1) is 0 Å². The van der Waals surface area contributed by atoms with Crippen molar-refractivity contribution in [1.29, 1.82) is 0 Å². The van der Waals surface area contributed by atoms with Crippen LogP contribution >= 0.6 is 0 Å². The van der Waals surface area contributed by atoms with Crippen LogP contribution in [-0.4, -0.2) is 60.8 Å².